The molecule has 2 aromatic rings. The number of carbonyl (C=O) groups excluding carboxylic acids is 1. The summed E-state index contributed by atoms with van der Waals surface area (Å²) in [6, 6.07) is 15.8. The van der Waals surface area contributed by atoms with E-state index in [4.69, 9.17) is 11.6 Å². The van der Waals surface area contributed by atoms with Gasteiger partial charge in [0.25, 0.3) is 0 Å². The second kappa shape index (κ2) is 6.19. The Kier molecular flexibility index (Phi) is 4.11. The van der Waals surface area contributed by atoms with Crippen molar-refractivity contribution in [2.45, 2.75) is 0 Å². The average molecular weight is 301 g/mol. The molecule has 3 nitrogen and oxygen atoms in total. The van der Waals surface area contributed by atoms with E-state index in [1.165, 1.54) is 5.69 Å². The fraction of sp³-hybridized carbons (Fsp3) is 0.235. The monoisotopic (exact) mass is 300 g/mol. The molecule has 0 radical (unpaired) electrons. The number of hydrogen-bond donors (Lipinski definition) is 0. The number of anilines is 2. The highest BCUT2D eigenvalue weighted by Gasteiger charge is 2.19. The number of aldehydes is 1. The average Bonchev–Trinajstić information content (AvgIpc) is 2.56. The van der Waals surface area contributed by atoms with Crippen molar-refractivity contribution in [2.24, 2.45) is 0 Å². The maximum absolute atomic E-state index is 11.2. The summed E-state index contributed by atoms with van der Waals surface area (Å²) in [7, 11) is 0. The summed E-state index contributed by atoms with van der Waals surface area (Å²) in [6.07, 6.45) is 0.898. The van der Waals surface area contributed by atoms with Gasteiger partial charge in [0, 0.05) is 48.1 Å². The first-order chi connectivity index (χ1) is 10.3. The SMILES string of the molecule is O=Cc1ccc(Cl)cc1N1CCN(c2ccccc2)CC1. The summed E-state index contributed by atoms with van der Waals surface area (Å²) in [5.41, 5.74) is 2.89. The molecule has 0 atom stereocenters. The topological polar surface area (TPSA) is 23.6 Å². The first-order valence-electron chi connectivity index (χ1n) is 7.07. The molecule has 0 saturated carbocycles. The highest BCUT2D eigenvalue weighted by molar-refractivity contribution is 6.31. The molecule has 1 aliphatic heterocycles. The first kappa shape index (κ1) is 14.0. The van der Waals surface area contributed by atoms with Crippen LogP contribution in [0.4, 0.5) is 11.4 Å². The molecular weight excluding hydrogens is 284 g/mol. The zero-order valence-electron chi connectivity index (χ0n) is 11.7. The third-order valence-electron chi connectivity index (χ3n) is 3.86. The molecule has 1 heterocycles. The van der Waals surface area contributed by atoms with Gasteiger partial charge in [-0.2, -0.15) is 0 Å². The molecule has 2 aromatic carbocycles. The smallest absolute Gasteiger partial charge is 0.152 e. The van der Waals surface area contributed by atoms with E-state index in [1.54, 1.807) is 12.1 Å². The molecule has 1 saturated heterocycles. The van der Waals surface area contributed by atoms with Gasteiger partial charge in [0.1, 0.15) is 0 Å². The second-order valence-electron chi connectivity index (χ2n) is 5.13. The van der Waals surface area contributed by atoms with E-state index in [-0.39, 0.29) is 0 Å². The minimum absolute atomic E-state index is 0.668. The normalized spacial score (nSPS) is 15.1. The van der Waals surface area contributed by atoms with Crippen LogP contribution in [-0.2, 0) is 0 Å². The van der Waals surface area contributed by atoms with Crippen LogP contribution in [-0.4, -0.2) is 32.5 Å². The summed E-state index contributed by atoms with van der Waals surface area (Å²) in [4.78, 5) is 15.8. The molecular formula is C17H17ClN2O. The molecule has 1 fully saturated rings. The molecule has 0 aromatic heterocycles. The van der Waals surface area contributed by atoms with Gasteiger partial charge in [-0.15, -0.1) is 0 Å². The number of rotatable bonds is 3. The van der Waals surface area contributed by atoms with E-state index in [2.05, 4.69) is 34.1 Å². The number of carbonyl (C=O) groups is 1. The number of piperazine rings is 1. The number of para-hydroxylation sites is 1. The second-order valence-corrected chi connectivity index (χ2v) is 5.57. The van der Waals surface area contributed by atoms with Crippen LogP contribution in [0.15, 0.2) is 48.5 Å². The molecule has 108 valence electrons. The first-order valence-corrected chi connectivity index (χ1v) is 7.45. The van der Waals surface area contributed by atoms with Crippen molar-refractivity contribution in [3.05, 3.63) is 59.1 Å². The fourth-order valence-electron chi connectivity index (χ4n) is 2.73. The van der Waals surface area contributed by atoms with Gasteiger partial charge in [-0.05, 0) is 30.3 Å². The van der Waals surface area contributed by atoms with Crippen LogP contribution in [0.3, 0.4) is 0 Å². The van der Waals surface area contributed by atoms with Gasteiger partial charge in [-0.25, -0.2) is 0 Å². The van der Waals surface area contributed by atoms with E-state index in [1.807, 2.05) is 12.1 Å². The number of halogens is 1. The maximum Gasteiger partial charge on any atom is 0.152 e. The van der Waals surface area contributed by atoms with E-state index in [0.29, 0.717) is 10.6 Å². The van der Waals surface area contributed by atoms with Crippen LogP contribution >= 0.6 is 11.6 Å². The summed E-state index contributed by atoms with van der Waals surface area (Å²) in [6.45, 7) is 3.65. The standard InChI is InChI=1S/C17H17ClN2O/c18-15-7-6-14(13-21)17(12-15)20-10-8-19(9-11-20)16-4-2-1-3-5-16/h1-7,12-13H,8-11H2. The molecule has 0 amide bonds. The summed E-state index contributed by atoms with van der Waals surface area (Å²) >= 11 is 6.06. The molecule has 3 rings (SSSR count). The van der Waals surface area contributed by atoms with E-state index in [0.717, 1.165) is 38.2 Å². The van der Waals surface area contributed by atoms with Crippen molar-refractivity contribution in [2.75, 3.05) is 36.0 Å². The Bertz CT molecular complexity index is 622. The van der Waals surface area contributed by atoms with Gasteiger partial charge >= 0.3 is 0 Å². The van der Waals surface area contributed by atoms with Crippen molar-refractivity contribution in [3.63, 3.8) is 0 Å². The summed E-state index contributed by atoms with van der Waals surface area (Å²) in [5, 5.41) is 0.668. The van der Waals surface area contributed by atoms with E-state index in [9.17, 15) is 4.79 Å². The van der Waals surface area contributed by atoms with Crippen LogP contribution < -0.4 is 9.80 Å². The molecule has 1 aliphatic rings. The molecule has 0 N–H and O–H groups in total. The van der Waals surface area contributed by atoms with Crippen molar-refractivity contribution >= 4 is 29.3 Å². The molecule has 0 unspecified atom stereocenters. The number of nitrogens with zero attached hydrogens (tertiary/aromatic N) is 2. The van der Waals surface area contributed by atoms with Gasteiger partial charge in [0.05, 0.1) is 0 Å². The van der Waals surface area contributed by atoms with Crippen LogP contribution in [0.25, 0.3) is 0 Å². The molecule has 0 bridgehead atoms. The minimum Gasteiger partial charge on any atom is -0.368 e. The predicted molar refractivity (Wildman–Crippen MR) is 87.7 cm³/mol. The number of hydrogen-bond acceptors (Lipinski definition) is 3. The van der Waals surface area contributed by atoms with Gasteiger partial charge < -0.3 is 9.80 Å². The Balaban J connectivity index is 1.74. The highest BCUT2D eigenvalue weighted by atomic mass is 35.5. The lowest BCUT2D eigenvalue weighted by molar-refractivity contribution is 0.112. The van der Waals surface area contributed by atoms with Crippen LogP contribution in [0.5, 0.6) is 0 Å². The summed E-state index contributed by atoms with van der Waals surface area (Å²) in [5.74, 6) is 0. The quantitative estimate of drug-likeness (QED) is 0.811. The molecule has 0 spiro atoms. The van der Waals surface area contributed by atoms with Gasteiger partial charge in [0.2, 0.25) is 0 Å². The van der Waals surface area contributed by atoms with E-state index < -0.39 is 0 Å². The maximum atomic E-state index is 11.2. The van der Waals surface area contributed by atoms with Crippen LogP contribution in [0.2, 0.25) is 5.02 Å². The van der Waals surface area contributed by atoms with Crippen molar-refractivity contribution in [3.8, 4) is 0 Å². The Morgan fingerprint density at radius 1 is 0.905 bits per heavy atom. The van der Waals surface area contributed by atoms with Crippen LogP contribution in [0, 0.1) is 0 Å². The van der Waals surface area contributed by atoms with Crippen molar-refractivity contribution in [1.29, 1.82) is 0 Å². The lowest BCUT2D eigenvalue weighted by Gasteiger charge is -2.37. The fourth-order valence-corrected chi connectivity index (χ4v) is 2.90. The number of benzene rings is 2. The Morgan fingerprint density at radius 3 is 2.24 bits per heavy atom. The lowest BCUT2D eigenvalue weighted by atomic mass is 10.1. The van der Waals surface area contributed by atoms with Crippen molar-refractivity contribution < 1.29 is 4.79 Å². The third kappa shape index (κ3) is 3.03. The van der Waals surface area contributed by atoms with Crippen LogP contribution in [0.1, 0.15) is 10.4 Å². The highest BCUT2D eigenvalue weighted by Crippen LogP contribution is 2.26. The predicted octanol–water partition coefficient (Wildman–Crippen LogP) is 3.48. The third-order valence-corrected chi connectivity index (χ3v) is 4.10. The Morgan fingerprint density at radius 2 is 1.57 bits per heavy atom. The van der Waals surface area contributed by atoms with Gasteiger partial charge in [0.15, 0.2) is 6.29 Å². The minimum atomic E-state index is 0.668. The molecule has 0 aliphatic carbocycles. The Labute approximate surface area is 129 Å². The lowest BCUT2D eigenvalue weighted by Crippen LogP contribution is -2.46. The molecule has 4 heteroatoms. The molecule has 21 heavy (non-hydrogen) atoms. The largest absolute Gasteiger partial charge is 0.368 e. The Hall–Kier alpha value is -2.00. The van der Waals surface area contributed by atoms with Gasteiger partial charge in [-0.3, -0.25) is 4.79 Å². The van der Waals surface area contributed by atoms with Gasteiger partial charge in [-0.1, -0.05) is 29.8 Å². The van der Waals surface area contributed by atoms with Crippen molar-refractivity contribution in [1.82, 2.24) is 0 Å². The zero-order chi connectivity index (χ0) is 14.7. The summed E-state index contributed by atoms with van der Waals surface area (Å²) < 4.78 is 0. The van der Waals surface area contributed by atoms with E-state index >= 15 is 0 Å². The zero-order valence-corrected chi connectivity index (χ0v) is 12.5.